The van der Waals surface area contributed by atoms with Crippen LogP contribution in [-0.2, 0) is 14.4 Å². The maximum atomic E-state index is 13.8. The summed E-state index contributed by atoms with van der Waals surface area (Å²) >= 11 is 0. The Morgan fingerprint density at radius 3 is 2.11 bits per heavy atom. The molecule has 0 unspecified atom stereocenters. The molecule has 2 aliphatic heterocycles. The molecule has 0 N–H and O–H groups in total. The Hall–Kier alpha value is -4.75. The van der Waals surface area contributed by atoms with Crippen molar-refractivity contribution in [2.75, 3.05) is 9.96 Å². The van der Waals surface area contributed by atoms with Crippen molar-refractivity contribution in [3.05, 3.63) is 126 Å². The van der Waals surface area contributed by atoms with Crippen molar-refractivity contribution in [3.63, 3.8) is 0 Å². The Morgan fingerprint density at radius 2 is 1.42 bits per heavy atom. The van der Waals surface area contributed by atoms with E-state index in [0.717, 1.165) is 16.8 Å². The molecule has 38 heavy (non-hydrogen) atoms. The number of fused-ring (bicyclic) bond motifs is 1. The van der Waals surface area contributed by atoms with Crippen LogP contribution in [0.4, 0.5) is 11.4 Å². The summed E-state index contributed by atoms with van der Waals surface area (Å²) in [5, 5.41) is 1.64. The molecule has 7 heteroatoms. The predicted octanol–water partition coefficient (Wildman–Crippen LogP) is 5.27. The number of imide groups is 1. The smallest absolute Gasteiger partial charge is 0.343 e. The van der Waals surface area contributed by atoms with E-state index >= 15 is 0 Å². The number of hydrogen-bond donors (Lipinski definition) is 0. The summed E-state index contributed by atoms with van der Waals surface area (Å²) in [6.07, 6.45) is -0.955. The topological polar surface area (TPSA) is 76.2 Å². The van der Waals surface area contributed by atoms with E-state index in [1.54, 1.807) is 59.7 Å². The number of esters is 1. The molecule has 3 atom stereocenters. The van der Waals surface area contributed by atoms with E-state index in [9.17, 15) is 14.4 Å². The lowest BCUT2D eigenvalue weighted by Gasteiger charge is -2.29. The summed E-state index contributed by atoms with van der Waals surface area (Å²) < 4.78 is 5.53. The molecule has 0 bridgehead atoms. The number of hydroxylamine groups is 1. The van der Waals surface area contributed by atoms with Crippen molar-refractivity contribution < 1.29 is 24.0 Å². The average molecular weight is 505 g/mol. The third-order valence-electron chi connectivity index (χ3n) is 6.83. The lowest BCUT2D eigenvalue weighted by atomic mass is 9.90. The number of aryl methyl sites for hydroxylation is 1. The molecular formula is C31H24N2O5. The van der Waals surface area contributed by atoms with E-state index in [2.05, 4.69) is 0 Å². The van der Waals surface area contributed by atoms with Gasteiger partial charge in [0.15, 0.2) is 6.10 Å². The van der Waals surface area contributed by atoms with Gasteiger partial charge < -0.3 is 4.74 Å². The van der Waals surface area contributed by atoms with Crippen LogP contribution in [0.1, 0.15) is 27.5 Å². The van der Waals surface area contributed by atoms with Crippen LogP contribution >= 0.6 is 0 Å². The van der Waals surface area contributed by atoms with Crippen LogP contribution < -0.4 is 14.7 Å². The van der Waals surface area contributed by atoms with E-state index < -0.39 is 24.0 Å². The van der Waals surface area contributed by atoms with E-state index in [4.69, 9.17) is 9.57 Å². The highest BCUT2D eigenvalue weighted by Gasteiger charge is 2.60. The van der Waals surface area contributed by atoms with Gasteiger partial charge in [0.1, 0.15) is 11.7 Å². The van der Waals surface area contributed by atoms with Gasteiger partial charge in [0.25, 0.3) is 5.91 Å². The highest BCUT2D eigenvalue weighted by Crippen LogP contribution is 2.47. The molecule has 2 aliphatic rings. The van der Waals surface area contributed by atoms with Gasteiger partial charge in [-0.25, -0.2) is 14.8 Å². The van der Waals surface area contributed by atoms with Crippen LogP contribution in [0, 0.1) is 12.8 Å². The van der Waals surface area contributed by atoms with Crippen LogP contribution in [0.2, 0.25) is 0 Å². The molecule has 4 aromatic rings. The largest absolute Gasteiger partial charge is 0.423 e. The summed E-state index contributed by atoms with van der Waals surface area (Å²) in [5.74, 6) is -1.53. The number of benzene rings is 4. The highest BCUT2D eigenvalue weighted by molar-refractivity contribution is 6.24. The first-order valence-corrected chi connectivity index (χ1v) is 12.3. The van der Waals surface area contributed by atoms with Crippen LogP contribution in [0.3, 0.4) is 0 Å². The summed E-state index contributed by atoms with van der Waals surface area (Å²) in [7, 11) is 0. The maximum Gasteiger partial charge on any atom is 0.343 e. The minimum Gasteiger partial charge on any atom is -0.423 e. The van der Waals surface area contributed by atoms with Crippen molar-refractivity contribution in [2.24, 2.45) is 5.92 Å². The van der Waals surface area contributed by atoms with E-state index in [1.807, 2.05) is 61.5 Å². The molecule has 0 aliphatic carbocycles. The van der Waals surface area contributed by atoms with Gasteiger partial charge in [0, 0.05) is 0 Å². The molecule has 2 amide bonds. The number of amides is 2. The summed E-state index contributed by atoms with van der Waals surface area (Å²) in [6.45, 7) is 1.91. The number of carbonyl (C=O) groups is 3. The zero-order chi connectivity index (χ0) is 26.2. The van der Waals surface area contributed by atoms with E-state index in [-0.39, 0.29) is 11.8 Å². The van der Waals surface area contributed by atoms with Gasteiger partial charge in [-0.3, -0.25) is 14.4 Å². The van der Waals surface area contributed by atoms with Crippen LogP contribution in [0.15, 0.2) is 109 Å². The molecule has 0 radical (unpaired) electrons. The molecule has 2 saturated heterocycles. The minimum absolute atomic E-state index is 0.311. The second-order valence-corrected chi connectivity index (χ2v) is 9.33. The van der Waals surface area contributed by atoms with Crippen LogP contribution in [0.5, 0.6) is 5.75 Å². The Labute approximate surface area is 219 Å². The maximum absolute atomic E-state index is 13.8. The van der Waals surface area contributed by atoms with Crippen molar-refractivity contribution in [2.45, 2.75) is 19.1 Å². The molecule has 2 fully saturated rings. The average Bonchev–Trinajstić information content (AvgIpc) is 3.45. The number of rotatable bonds is 5. The lowest BCUT2D eigenvalue weighted by molar-refractivity contribution is -0.126. The van der Waals surface area contributed by atoms with Gasteiger partial charge in [-0.05, 0) is 66.6 Å². The number of carbonyl (C=O) groups excluding carboxylic acids is 3. The highest BCUT2D eigenvalue weighted by atomic mass is 16.7. The van der Waals surface area contributed by atoms with Gasteiger partial charge >= 0.3 is 5.97 Å². The third kappa shape index (κ3) is 4.13. The van der Waals surface area contributed by atoms with Gasteiger partial charge in [-0.2, -0.15) is 0 Å². The molecule has 4 aromatic carbocycles. The Bertz CT molecular complexity index is 1500. The fraction of sp³-hybridized carbons (Fsp3) is 0.129. The molecule has 0 spiro atoms. The minimum atomic E-state index is -0.955. The normalized spacial score (nSPS) is 20.5. The zero-order valence-corrected chi connectivity index (χ0v) is 20.6. The van der Waals surface area contributed by atoms with E-state index in [0.29, 0.717) is 17.0 Å². The Morgan fingerprint density at radius 1 is 0.763 bits per heavy atom. The molecule has 0 saturated carbocycles. The standard InChI is InChI=1S/C31H24N2O5/c1-20-9-8-14-24(19-20)32-29(34)26-27(33(38-28(26)30(32)35)23-12-6-3-7-13-23)21-15-17-25(18-16-21)37-31(36)22-10-4-2-5-11-22/h2-19,26-28H,1H3/t26-,27+,28+/m0/s1. The SMILES string of the molecule is Cc1cccc(N2C(=O)[C@H]3[C@@H](c4ccc(OC(=O)c5ccccc5)cc4)N(c4ccccc4)O[C@H]3C2=O)c1. The molecule has 7 nitrogen and oxygen atoms in total. The predicted molar refractivity (Wildman–Crippen MR) is 142 cm³/mol. The van der Waals surface area contributed by atoms with Crippen molar-refractivity contribution in [3.8, 4) is 5.75 Å². The first-order chi connectivity index (χ1) is 18.5. The van der Waals surface area contributed by atoms with Crippen molar-refractivity contribution in [1.82, 2.24) is 0 Å². The molecule has 188 valence electrons. The van der Waals surface area contributed by atoms with Gasteiger partial charge in [-0.1, -0.05) is 60.7 Å². The van der Waals surface area contributed by atoms with Crippen molar-refractivity contribution in [1.29, 1.82) is 0 Å². The van der Waals surface area contributed by atoms with Gasteiger partial charge in [0.2, 0.25) is 5.91 Å². The molecule has 2 heterocycles. The van der Waals surface area contributed by atoms with Gasteiger partial charge in [0.05, 0.1) is 23.0 Å². The molecular weight excluding hydrogens is 480 g/mol. The second kappa shape index (κ2) is 9.61. The number of hydrogen-bond acceptors (Lipinski definition) is 6. The fourth-order valence-corrected chi connectivity index (χ4v) is 5.05. The quantitative estimate of drug-likeness (QED) is 0.210. The summed E-state index contributed by atoms with van der Waals surface area (Å²) in [5.41, 5.74) is 3.42. The lowest BCUT2D eigenvalue weighted by Crippen LogP contribution is -2.37. The second-order valence-electron chi connectivity index (χ2n) is 9.33. The fourth-order valence-electron chi connectivity index (χ4n) is 5.05. The van der Waals surface area contributed by atoms with E-state index in [1.165, 1.54) is 4.90 Å². The Kier molecular flexibility index (Phi) is 5.98. The summed E-state index contributed by atoms with van der Waals surface area (Å²) in [4.78, 5) is 47.1. The number of para-hydroxylation sites is 1. The number of anilines is 2. The first kappa shape index (κ1) is 23.6. The summed E-state index contributed by atoms with van der Waals surface area (Å²) in [6, 6.07) is 31.8. The zero-order valence-electron chi connectivity index (χ0n) is 20.6. The number of nitrogens with zero attached hydrogens (tertiary/aromatic N) is 2. The molecule has 0 aromatic heterocycles. The third-order valence-corrected chi connectivity index (χ3v) is 6.83. The molecule has 6 rings (SSSR count). The van der Waals surface area contributed by atoms with Crippen LogP contribution in [-0.4, -0.2) is 23.9 Å². The van der Waals surface area contributed by atoms with Crippen LogP contribution in [0.25, 0.3) is 0 Å². The van der Waals surface area contributed by atoms with Gasteiger partial charge in [-0.15, -0.1) is 0 Å². The first-order valence-electron chi connectivity index (χ1n) is 12.3. The number of ether oxygens (including phenoxy) is 1. The van der Waals surface area contributed by atoms with Crippen molar-refractivity contribution >= 4 is 29.2 Å². The monoisotopic (exact) mass is 504 g/mol. The Balaban J connectivity index is 1.33.